The minimum absolute atomic E-state index is 0.0431. The molecule has 3 rings (SSSR count). The highest BCUT2D eigenvalue weighted by Crippen LogP contribution is 2.22. The number of esters is 1. The number of benzene rings is 3. The predicted molar refractivity (Wildman–Crippen MR) is 96.1 cm³/mol. The number of non-ortho nitro benzene ring substituents is 1. The highest BCUT2D eigenvalue weighted by atomic mass is 16.6. The molecule has 0 aliphatic carbocycles. The minimum Gasteiger partial charge on any atom is -0.482 e. The van der Waals surface area contributed by atoms with Gasteiger partial charge in [-0.25, -0.2) is 4.79 Å². The summed E-state index contributed by atoms with van der Waals surface area (Å²) in [6.07, 6.45) is 0. The SMILES string of the molecule is O=C(COc1ccc([N+](=O)[O-])cc1)Oc1ccc(-c2ccccc2)cc1. The molecule has 130 valence electrons. The number of carbonyl (C=O) groups excluding carboxylic acids is 1. The Hall–Kier alpha value is -3.67. The highest BCUT2D eigenvalue weighted by Gasteiger charge is 2.08. The molecule has 0 radical (unpaired) electrons. The number of carbonyl (C=O) groups is 1. The minimum atomic E-state index is -0.559. The zero-order chi connectivity index (χ0) is 18.4. The first-order chi connectivity index (χ1) is 12.6. The first kappa shape index (κ1) is 17.2. The third-order valence-corrected chi connectivity index (χ3v) is 3.60. The van der Waals surface area contributed by atoms with E-state index in [2.05, 4.69) is 0 Å². The number of nitro groups is 1. The predicted octanol–water partition coefficient (Wildman–Crippen LogP) is 4.25. The van der Waals surface area contributed by atoms with E-state index in [-0.39, 0.29) is 12.3 Å². The van der Waals surface area contributed by atoms with Gasteiger partial charge in [-0.05, 0) is 35.4 Å². The van der Waals surface area contributed by atoms with Crippen LogP contribution >= 0.6 is 0 Å². The lowest BCUT2D eigenvalue weighted by Crippen LogP contribution is -2.17. The third-order valence-electron chi connectivity index (χ3n) is 3.60. The fraction of sp³-hybridized carbons (Fsp3) is 0.0500. The molecule has 0 N–H and O–H groups in total. The van der Waals surface area contributed by atoms with Crippen LogP contribution in [0.4, 0.5) is 5.69 Å². The standard InChI is InChI=1S/C20H15NO5/c22-20(14-25-18-12-8-17(9-13-18)21(23)24)26-19-10-6-16(7-11-19)15-4-2-1-3-5-15/h1-13H,14H2. The van der Waals surface area contributed by atoms with Crippen molar-refractivity contribution in [1.82, 2.24) is 0 Å². The van der Waals surface area contributed by atoms with Crippen LogP contribution in [0.15, 0.2) is 78.9 Å². The molecule has 0 aliphatic heterocycles. The van der Waals surface area contributed by atoms with Gasteiger partial charge in [0.1, 0.15) is 11.5 Å². The van der Waals surface area contributed by atoms with Gasteiger partial charge in [-0.2, -0.15) is 0 Å². The molecule has 0 aliphatic rings. The Kier molecular flexibility index (Phi) is 5.24. The molecule has 0 fully saturated rings. The van der Waals surface area contributed by atoms with E-state index in [1.165, 1.54) is 24.3 Å². The largest absolute Gasteiger partial charge is 0.482 e. The highest BCUT2D eigenvalue weighted by molar-refractivity contribution is 5.74. The first-order valence-corrected chi connectivity index (χ1v) is 7.85. The van der Waals surface area contributed by atoms with Crippen molar-refractivity contribution in [2.45, 2.75) is 0 Å². The van der Waals surface area contributed by atoms with Crippen LogP contribution in [-0.2, 0) is 4.79 Å². The quantitative estimate of drug-likeness (QED) is 0.288. The molecule has 0 bridgehead atoms. The number of nitro benzene ring substituents is 1. The van der Waals surface area contributed by atoms with Crippen molar-refractivity contribution < 1.29 is 19.2 Å². The van der Waals surface area contributed by atoms with Crippen molar-refractivity contribution in [2.24, 2.45) is 0 Å². The maximum atomic E-state index is 11.9. The molecule has 3 aromatic rings. The second-order valence-corrected chi connectivity index (χ2v) is 5.40. The Morgan fingerprint density at radius 1 is 0.808 bits per heavy atom. The number of nitrogens with zero attached hydrogens (tertiary/aromatic N) is 1. The zero-order valence-corrected chi connectivity index (χ0v) is 13.7. The lowest BCUT2D eigenvalue weighted by molar-refractivity contribution is -0.384. The summed E-state index contributed by atoms with van der Waals surface area (Å²) in [4.78, 5) is 21.9. The van der Waals surface area contributed by atoms with Gasteiger partial charge >= 0.3 is 5.97 Å². The maximum absolute atomic E-state index is 11.9. The summed E-state index contributed by atoms with van der Waals surface area (Å²) in [7, 11) is 0. The van der Waals surface area contributed by atoms with Crippen LogP contribution in [0.5, 0.6) is 11.5 Å². The topological polar surface area (TPSA) is 78.7 Å². The summed E-state index contributed by atoms with van der Waals surface area (Å²) in [5, 5.41) is 10.6. The number of ether oxygens (including phenoxy) is 2. The van der Waals surface area contributed by atoms with Crippen LogP contribution in [0, 0.1) is 10.1 Å². The summed E-state index contributed by atoms with van der Waals surface area (Å²) in [6, 6.07) is 22.5. The van der Waals surface area contributed by atoms with E-state index in [1.807, 2.05) is 42.5 Å². The molecular formula is C20H15NO5. The fourth-order valence-electron chi connectivity index (χ4n) is 2.31. The van der Waals surface area contributed by atoms with Gasteiger partial charge in [0, 0.05) is 12.1 Å². The molecule has 0 spiro atoms. The van der Waals surface area contributed by atoms with Gasteiger partial charge in [-0.1, -0.05) is 42.5 Å². The van der Waals surface area contributed by atoms with Crippen molar-refractivity contribution in [3.05, 3.63) is 89.0 Å². The summed E-state index contributed by atoms with van der Waals surface area (Å²) >= 11 is 0. The van der Waals surface area contributed by atoms with E-state index < -0.39 is 10.9 Å². The average molecular weight is 349 g/mol. The molecule has 0 heterocycles. The normalized spacial score (nSPS) is 10.2. The van der Waals surface area contributed by atoms with E-state index in [0.29, 0.717) is 11.5 Å². The maximum Gasteiger partial charge on any atom is 0.349 e. The van der Waals surface area contributed by atoms with E-state index >= 15 is 0 Å². The van der Waals surface area contributed by atoms with Gasteiger partial charge in [0.15, 0.2) is 6.61 Å². The summed E-state index contributed by atoms with van der Waals surface area (Å²) < 4.78 is 10.5. The Balaban J connectivity index is 1.54. The second kappa shape index (κ2) is 7.94. The Bertz CT molecular complexity index is 890. The van der Waals surface area contributed by atoms with Gasteiger partial charge in [-0.15, -0.1) is 0 Å². The van der Waals surface area contributed by atoms with Gasteiger partial charge in [0.05, 0.1) is 4.92 Å². The lowest BCUT2D eigenvalue weighted by Gasteiger charge is -2.07. The van der Waals surface area contributed by atoms with Gasteiger partial charge in [0.25, 0.3) is 5.69 Å². The second-order valence-electron chi connectivity index (χ2n) is 5.40. The van der Waals surface area contributed by atoms with Crippen molar-refractivity contribution >= 4 is 11.7 Å². The van der Waals surface area contributed by atoms with Crippen LogP contribution in [0.1, 0.15) is 0 Å². The van der Waals surface area contributed by atoms with Crippen LogP contribution < -0.4 is 9.47 Å². The first-order valence-electron chi connectivity index (χ1n) is 7.85. The molecule has 6 nitrogen and oxygen atoms in total. The molecule has 0 saturated heterocycles. The van der Waals surface area contributed by atoms with E-state index in [4.69, 9.17) is 9.47 Å². The molecule has 3 aromatic carbocycles. The summed E-state index contributed by atoms with van der Waals surface area (Å²) in [6.45, 7) is -0.293. The molecule has 26 heavy (non-hydrogen) atoms. The molecule has 0 aromatic heterocycles. The molecule has 6 heteroatoms. The third kappa shape index (κ3) is 4.45. The number of hydrogen-bond donors (Lipinski definition) is 0. The van der Waals surface area contributed by atoms with E-state index in [0.717, 1.165) is 11.1 Å². The van der Waals surface area contributed by atoms with Crippen LogP contribution in [-0.4, -0.2) is 17.5 Å². The van der Waals surface area contributed by atoms with Crippen molar-refractivity contribution in [3.63, 3.8) is 0 Å². The van der Waals surface area contributed by atoms with Crippen LogP contribution in [0.3, 0.4) is 0 Å². The summed E-state index contributed by atoms with van der Waals surface area (Å²) in [5.74, 6) is 0.213. The molecule has 0 unspecified atom stereocenters. The molecule has 0 amide bonds. The Morgan fingerprint density at radius 3 is 2.00 bits per heavy atom. The van der Waals surface area contributed by atoms with Crippen molar-refractivity contribution in [3.8, 4) is 22.6 Å². The van der Waals surface area contributed by atoms with Crippen molar-refractivity contribution in [2.75, 3.05) is 6.61 Å². The number of rotatable bonds is 6. The number of hydrogen-bond acceptors (Lipinski definition) is 5. The van der Waals surface area contributed by atoms with E-state index in [9.17, 15) is 14.9 Å². The van der Waals surface area contributed by atoms with Crippen LogP contribution in [0.25, 0.3) is 11.1 Å². The Morgan fingerprint density at radius 2 is 1.38 bits per heavy atom. The Labute approximate surface area is 149 Å². The summed E-state index contributed by atoms with van der Waals surface area (Å²) in [5.41, 5.74) is 2.05. The average Bonchev–Trinajstić information content (AvgIpc) is 2.68. The smallest absolute Gasteiger partial charge is 0.349 e. The lowest BCUT2D eigenvalue weighted by atomic mass is 10.1. The van der Waals surface area contributed by atoms with Gasteiger partial charge in [0.2, 0.25) is 0 Å². The molecule has 0 saturated carbocycles. The molecule has 0 atom stereocenters. The van der Waals surface area contributed by atoms with Gasteiger partial charge in [-0.3, -0.25) is 10.1 Å². The zero-order valence-electron chi connectivity index (χ0n) is 13.7. The van der Waals surface area contributed by atoms with Crippen LogP contribution in [0.2, 0.25) is 0 Å². The monoisotopic (exact) mass is 349 g/mol. The fourth-order valence-corrected chi connectivity index (χ4v) is 2.31. The van der Waals surface area contributed by atoms with E-state index in [1.54, 1.807) is 12.1 Å². The van der Waals surface area contributed by atoms with Crippen molar-refractivity contribution in [1.29, 1.82) is 0 Å². The van der Waals surface area contributed by atoms with Gasteiger partial charge < -0.3 is 9.47 Å². The molecular weight excluding hydrogens is 334 g/mol.